The summed E-state index contributed by atoms with van der Waals surface area (Å²) in [5.74, 6) is -1.19. The lowest BCUT2D eigenvalue weighted by atomic mass is 10.1. The summed E-state index contributed by atoms with van der Waals surface area (Å²) in [7, 11) is 1.30. The number of amides is 2. The summed E-state index contributed by atoms with van der Waals surface area (Å²) in [6, 6.07) is 9.23. The highest BCUT2D eigenvalue weighted by molar-refractivity contribution is 6.05. The lowest BCUT2D eigenvalue weighted by molar-refractivity contribution is 0.0600. The van der Waals surface area contributed by atoms with Crippen LogP contribution < -0.4 is 10.6 Å². The first-order valence-corrected chi connectivity index (χ1v) is 7.98. The number of nitrogens with zero attached hydrogens (tertiary/aromatic N) is 1. The number of hydrogen-bond acceptors (Lipinski definition) is 5. The molecule has 7 heteroatoms. The van der Waals surface area contributed by atoms with Crippen LogP contribution in [0.2, 0.25) is 0 Å². The van der Waals surface area contributed by atoms with Gasteiger partial charge >= 0.3 is 5.97 Å². The third kappa shape index (κ3) is 5.14. The molecule has 0 fully saturated rings. The molecule has 0 radical (unpaired) electrons. The Morgan fingerprint density at radius 1 is 0.962 bits per heavy atom. The van der Waals surface area contributed by atoms with Crippen LogP contribution in [0, 0.1) is 0 Å². The maximum absolute atomic E-state index is 12.4. The molecule has 2 aromatic rings. The largest absolute Gasteiger partial charge is 0.465 e. The number of pyridine rings is 1. The summed E-state index contributed by atoms with van der Waals surface area (Å²) in [5.41, 5.74) is 0.952. The fourth-order valence-electron chi connectivity index (χ4n) is 2.11. The molecule has 0 spiro atoms. The zero-order valence-electron chi connectivity index (χ0n) is 15.1. The van der Waals surface area contributed by atoms with Crippen molar-refractivity contribution in [1.29, 1.82) is 0 Å². The van der Waals surface area contributed by atoms with Crippen LogP contribution in [-0.4, -0.2) is 35.4 Å². The molecule has 0 saturated carbocycles. The van der Waals surface area contributed by atoms with E-state index in [4.69, 9.17) is 0 Å². The summed E-state index contributed by atoms with van der Waals surface area (Å²) < 4.78 is 4.62. The number of hydrogen-bond donors (Lipinski definition) is 2. The van der Waals surface area contributed by atoms with Gasteiger partial charge in [-0.1, -0.05) is 0 Å². The van der Waals surface area contributed by atoms with Crippen LogP contribution >= 0.6 is 0 Å². The molecule has 1 heterocycles. The van der Waals surface area contributed by atoms with Crippen molar-refractivity contribution in [1.82, 2.24) is 10.3 Å². The number of aromatic nitrogens is 1. The monoisotopic (exact) mass is 355 g/mol. The standard InChI is InChI=1S/C19H21N3O4/c1-19(2,3)22-16(23)13-9-10-20-15(11-13)17(24)21-14-7-5-12(6-8-14)18(25)26-4/h5-11H,1-4H3,(H,21,24)(H,22,23). The molecule has 1 aromatic carbocycles. The fraction of sp³-hybridized carbons (Fsp3) is 0.263. The molecule has 0 bridgehead atoms. The SMILES string of the molecule is COC(=O)c1ccc(NC(=O)c2cc(C(=O)NC(C)(C)C)ccn2)cc1. The Labute approximate surface area is 151 Å². The van der Waals surface area contributed by atoms with Crippen molar-refractivity contribution in [3.05, 3.63) is 59.4 Å². The molecule has 0 aliphatic heterocycles. The molecule has 7 nitrogen and oxygen atoms in total. The van der Waals surface area contributed by atoms with E-state index >= 15 is 0 Å². The van der Waals surface area contributed by atoms with Gasteiger partial charge in [0.15, 0.2) is 0 Å². The third-order valence-electron chi connectivity index (χ3n) is 3.31. The second-order valence-electron chi connectivity index (χ2n) is 6.66. The molecule has 2 N–H and O–H groups in total. The van der Waals surface area contributed by atoms with Gasteiger partial charge < -0.3 is 15.4 Å². The molecule has 0 saturated heterocycles. The number of carbonyl (C=O) groups is 3. The Hall–Kier alpha value is -3.22. The van der Waals surface area contributed by atoms with Crippen LogP contribution in [0.25, 0.3) is 0 Å². The number of nitrogens with one attached hydrogen (secondary N) is 2. The number of carbonyl (C=O) groups excluding carboxylic acids is 3. The summed E-state index contributed by atoms with van der Waals surface area (Å²) in [5, 5.41) is 5.50. The number of benzene rings is 1. The molecule has 26 heavy (non-hydrogen) atoms. The number of anilines is 1. The summed E-state index contributed by atoms with van der Waals surface area (Å²) in [6.45, 7) is 5.62. The van der Waals surface area contributed by atoms with Gasteiger partial charge in [0.25, 0.3) is 11.8 Å². The van der Waals surface area contributed by atoms with E-state index in [0.29, 0.717) is 16.8 Å². The molecule has 2 rings (SSSR count). The molecule has 0 aliphatic rings. The molecular formula is C19H21N3O4. The highest BCUT2D eigenvalue weighted by atomic mass is 16.5. The van der Waals surface area contributed by atoms with E-state index in [1.165, 1.54) is 19.4 Å². The summed E-state index contributed by atoms with van der Waals surface area (Å²) >= 11 is 0. The van der Waals surface area contributed by atoms with Crippen LogP contribution in [0.5, 0.6) is 0 Å². The Morgan fingerprint density at radius 2 is 1.62 bits per heavy atom. The first-order chi connectivity index (χ1) is 12.2. The maximum atomic E-state index is 12.4. The number of rotatable bonds is 4. The molecule has 0 atom stereocenters. The predicted octanol–water partition coefficient (Wildman–Crippen LogP) is 2.65. The lowest BCUT2D eigenvalue weighted by Gasteiger charge is -2.20. The number of esters is 1. The topological polar surface area (TPSA) is 97.4 Å². The minimum atomic E-state index is -0.457. The Kier molecular flexibility index (Phi) is 5.71. The van der Waals surface area contributed by atoms with Gasteiger partial charge in [-0.05, 0) is 57.2 Å². The van der Waals surface area contributed by atoms with Crippen LogP contribution in [0.1, 0.15) is 52.0 Å². The van der Waals surface area contributed by atoms with Gasteiger partial charge in [-0.2, -0.15) is 0 Å². The average Bonchev–Trinajstić information content (AvgIpc) is 2.60. The van der Waals surface area contributed by atoms with Gasteiger partial charge in [0, 0.05) is 23.0 Å². The third-order valence-corrected chi connectivity index (χ3v) is 3.31. The van der Waals surface area contributed by atoms with Crippen molar-refractivity contribution < 1.29 is 19.1 Å². The van der Waals surface area contributed by atoms with Crippen LogP contribution in [0.4, 0.5) is 5.69 Å². The molecule has 0 unspecified atom stereocenters. The van der Waals surface area contributed by atoms with Crippen molar-refractivity contribution in [3.63, 3.8) is 0 Å². The molecule has 136 valence electrons. The van der Waals surface area contributed by atoms with E-state index in [-0.39, 0.29) is 17.1 Å². The van der Waals surface area contributed by atoms with Crippen molar-refractivity contribution in [2.24, 2.45) is 0 Å². The number of methoxy groups -OCH3 is 1. The normalized spacial score (nSPS) is 10.8. The van der Waals surface area contributed by atoms with Gasteiger partial charge in [0.05, 0.1) is 12.7 Å². The molecular weight excluding hydrogens is 334 g/mol. The van der Waals surface area contributed by atoms with Crippen molar-refractivity contribution in [3.8, 4) is 0 Å². The first kappa shape index (κ1) is 19.1. The van der Waals surface area contributed by atoms with E-state index in [1.807, 2.05) is 20.8 Å². The minimum absolute atomic E-state index is 0.114. The second-order valence-corrected chi connectivity index (χ2v) is 6.66. The first-order valence-electron chi connectivity index (χ1n) is 7.98. The van der Waals surface area contributed by atoms with Crippen molar-refractivity contribution in [2.75, 3.05) is 12.4 Å². The van der Waals surface area contributed by atoms with E-state index in [0.717, 1.165) is 0 Å². The average molecular weight is 355 g/mol. The van der Waals surface area contributed by atoms with Crippen molar-refractivity contribution in [2.45, 2.75) is 26.3 Å². The maximum Gasteiger partial charge on any atom is 0.337 e. The van der Waals surface area contributed by atoms with Crippen molar-refractivity contribution >= 4 is 23.5 Å². The van der Waals surface area contributed by atoms with E-state index in [2.05, 4.69) is 20.4 Å². The quantitative estimate of drug-likeness (QED) is 0.822. The summed E-state index contributed by atoms with van der Waals surface area (Å²) in [4.78, 5) is 40.0. The molecule has 1 aromatic heterocycles. The van der Waals surface area contributed by atoms with E-state index in [1.54, 1.807) is 30.3 Å². The van der Waals surface area contributed by atoms with Gasteiger partial charge in [0.1, 0.15) is 5.69 Å². The zero-order valence-corrected chi connectivity index (χ0v) is 15.1. The van der Waals surface area contributed by atoms with Gasteiger partial charge in [-0.15, -0.1) is 0 Å². The second kappa shape index (κ2) is 7.77. The Balaban J connectivity index is 2.11. The van der Waals surface area contributed by atoms with Crippen LogP contribution in [0.3, 0.4) is 0 Å². The van der Waals surface area contributed by atoms with Gasteiger partial charge in [0.2, 0.25) is 0 Å². The van der Waals surface area contributed by atoms with Crippen LogP contribution in [0.15, 0.2) is 42.6 Å². The highest BCUT2D eigenvalue weighted by Crippen LogP contribution is 2.12. The van der Waals surface area contributed by atoms with E-state index < -0.39 is 11.9 Å². The minimum Gasteiger partial charge on any atom is -0.465 e. The Bertz CT molecular complexity index is 823. The predicted molar refractivity (Wildman–Crippen MR) is 97.2 cm³/mol. The highest BCUT2D eigenvalue weighted by Gasteiger charge is 2.17. The molecule has 2 amide bonds. The Morgan fingerprint density at radius 3 is 2.19 bits per heavy atom. The van der Waals surface area contributed by atoms with Gasteiger partial charge in [-0.3, -0.25) is 14.6 Å². The smallest absolute Gasteiger partial charge is 0.337 e. The molecule has 0 aliphatic carbocycles. The zero-order chi connectivity index (χ0) is 19.3. The number of ether oxygens (including phenoxy) is 1. The lowest BCUT2D eigenvalue weighted by Crippen LogP contribution is -2.40. The van der Waals surface area contributed by atoms with E-state index in [9.17, 15) is 14.4 Å². The summed E-state index contributed by atoms with van der Waals surface area (Å²) in [6.07, 6.45) is 1.41. The fourth-order valence-corrected chi connectivity index (χ4v) is 2.11. The van der Waals surface area contributed by atoms with Gasteiger partial charge in [-0.25, -0.2) is 4.79 Å². The van der Waals surface area contributed by atoms with Crippen LogP contribution in [-0.2, 0) is 4.74 Å².